The van der Waals surface area contributed by atoms with Crippen molar-refractivity contribution in [1.29, 1.82) is 0 Å². The molecule has 0 amide bonds. The molecule has 3 aromatic heterocycles. The predicted molar refractivity (Wildman–Crippen MR) is 569 cm³/mol. The van der Waals surface area contributed by atoms with Crippen LogP contribution in [0.15, 0.2) is 328 Å². The monoisotopic (exact) mass is 1760 g/mol. The van der Waals surface area contributed by atoms with Crippen LogP contribution in [0.1, 0.15) is 166 Å². The number of nitrogens with zero attached hydrogens (tertiary/aromatic N) is 2. The molecule has 9 aliphatic rings. The summed E-state index contributed by atoms with van der Waals surface area (Å²) < 4.78 is 15.3. The number of pyridine rings is 2. The van der Waals surface area contributed by atoms with Crippen molar-refractivity contribution in [1.82, 2.24) is 9.97 Å². The first-order valence-corrected chi connectivity index (χ1v) is 52.2. The second-order valence-corrected chi connectivity index (χ2v) is 47.3. The summed E-state index contributed by atoms with van der Waals surface area (Å²) in [6.45, 7) is 27.3. The number of hydrogen-bond acceptors (Lipinski definition) is 3. The van der Waals surface area contributed by atoms with Gasteiger partial charge >= 0.3 is 0 Å². The van der Waals surface area contributed by atoms with Crippen LogP contribution in [0.5, 0.6) is 0 Å². The third kappa shape index (κ3) is 14.6. The largest absolute Gasteiger partial charge is 0.309 e. The van der Waals surface area contributed by atoms with E-state index >= 15 is 4.57 Å². The maximum Gasteiger partial charge on any atom is 0.242 e. The summed E-state index contributed by atoms with van der Waals surface area (Å²) in [5.41, 5.74) is 42.1. The molecule has 1 aliphatic heterocycles. The molecule has 8 saturated carbocycles. The highest BCUT2D eigenvalue weighted by molar-refractivity contribution is 7.86. The molecular weight excluding hydrogens is 1640 g/mol. The van der Waals surface area contributed by atoms with Gasteiger partial charge in [0.1, 0.15) is 0 Å². The molecular formula is C126H118B2N2OP2. The molecule has 8 fully saturated rings. The topological polar surface area (TPSA) is 42.9 Å². The zero-order valence-electron chi connectivity index (χ0n) is 79.3. The van der Waals surface area contributed by atoms with E-state index in [9.17, 15) is 0 Å². The Morgan fingerprint density at radius 1 is 0.286 bits per heavy atom. The average molecular weight is 1760 g/mol. The van der Waals surface area contributed by atoms with E-state index in [1.54, 1.807) is 11.1 Å². The van der Waals surface area contributed by atoms with Crippen molar-refractivity contribution in [3.63, 3.8) is 0 Å². The van der Waals surface area contributed by atoms with Gasteiger partial charge in [-0.25, -0.2) is 9.97 Å². The van der Waals surface area contributed by atoms with Crippen molar-refractivity contribution >= 4 is 97.8 Å². The maximum atomic E-state index is 15.3. The van der Waals surface area contributed by atoms with Crippen molar-refractivity contribution in [3.05, 3.63) is 417 Å². The van der Waals surface area contributed by atoms with E-state index in [1.807, 2.05) is 12.1 Å². The van der Waals surface area contributed by atoms with Gasteiger partial charge < -0.3 is 4.57 Å². The lowest BCUT2D eigenvalue weighted by Gasteiger charge is -2.63. The lowest BCUT2D eigenvalue weighted by Crippen LogP contribution is -2.56. The Labute approximate surface area is 790 Å². The summed E-state index contributed by atoms with van der Waals surface area (Å²) in [6.07, 6.45) is 15.6. The zero-order valence-corrected chi connectivity index (χ0v) is 81.1. The van der Waals surface area contributed by atoms with E-state index in [1.165, 1.54) is 220 Å². The van der Waals surface area contributed by atoms with Gasteiger partial charge in [0.25, 0.3) is 0 Å². The van der Waals surface area contributed by atoms with Crippen molar-refractivity contribution in [2.45, 2.75) is 182 Å². The number of hydrogen-bond donors (Lipinski definition) is 0. The molecule has 4 atom stereocenters. The highest BCUT2D eigenvalue weighted by Crippen LogP contribution is 2.69. The average Bonchev–Trinajstić information content (AvgIpc) is 1.39. The summed E-state index contributed by atoms with van der Waals surface area (Å²) in [6, 6.07) is 124. The second-order valence-electron chi connectivity index (χ2n) is 42.5. The van der Waals surface area contributed by atoms with E-state index in [-0.39, 0.29) is 35.1 Å². The van der Waals surface area contributed by atoms with Gasteiger partial charge in [0.15, 0.2) is 7.14 Å². The van der Waals surface area contributed by atoms with Gasteiger partial charge in [0, 0.05) is 37.3 Å². The molecule has 0 spiro atoms. The highest BCUT2D eigenvalue weighted by atomic mass is 31.2. The molecule has 14 aromatic carbocycles. The summed E-state index contributed by atoms with van der Waals surface area (Å²) in [4.78, 5) is 10.8. The van der Waals surface area contributed by atoms with E-state index in [2.05, 4.69) is 399 Å². The fourth-order valence-electron chi connectivity index (χ4n) is 29.2. The van der Waals surface area contributed by atoms with Crippen LogP contribution in [0, 0.1) is 107 Å². The molecule has 654 valence electrons. The van der Waals surface area contributed by atoms with Gasteiger partial charge in [-0.15, -0.1) is 0 Å². The third-order valence-corrected chi connectivity index (χ3v) is 39.0. The summed E-state index contributed by atoms with van der Waals surface area (Å²) in [5.74, 6) is 3.07. The normalized spacial score (nSPS) is 21.4. The minimum absolute atomic E-state index is 0.111. The van der Waals surface area contributed by atoms with Gasteiger partial charge in [-0.05, 0) is 290 Å². The van der Waals surface area contributed by atoms with Crippen LogP contribution in [0.25, 0.3) is 82.5 Å². The van der Waals surface area contributed by atoms with Crippen LogP contribution < -0.4 is 48.7 Å². The van der Waals surface area contributed by atoms with Crippen molar-refractivity contribution in [2.75, 3.05) is 0 Å². The van der Waals surface area contributed by atoms with Crippen molar-refractivity contribution < 1.29 is 4.57 Å². The summed E-state index contributed by atoms with van der Waals surface area (Å²) in [7, 11) is -3.49. The zero-order chi connectivity index (χ0) is 90.7. The molecule has 8 aliphatic carbocycles. The molecule has 133 heavy (non-hydrogen) atoms. The Balaban J connectivity index is 0.000000151. The summed E-state index contributed by atoms with van der Waals surface area (Å²) >= 11 is 0. The number of rotatable bonds is 16. The van der Waals surface area contributed by atoms with Crippen LogP contribution in [-0.2, 0) is 26.2 Å². The standard InChI is InChI=1S/C63H59BNOP.C63H59BNP/c1-40-29-42(3)60(43(4)30-40)64(61-44(5)31-41(2)32-45(61)6)52-14-11-13-49(34-52)57-18-12-17-56(65-57)48-21-23-50(24-22-48)62-35-46-33-47(36-62)38-63(37-46,39-62)51-25-27-53(28-26-51)67(66)58-19-9-7-15-54(58)55-16-8-10-20-59(55)67;1-40-29-42(3)60(43(4)30-40)64(61-44(5)31-41(2)32-45(61)6)52-14-11-13-49(34-52)57-18-12-17-56(65-57)48-21-23-50(24-22-48)62-35-46-33-47(36-62)38-63(37-46,39-62)51-25-27-53(28-26-51)66-58-19-9-7-15-54(58)55-16-8-10-20-59(55)66/h7-32,34,46-47H,33,35-39H2,1-6H3;7-32,34,46-47H,33,35-39H2,1-6H3. The Morgan fingerprint density at radius 3 is 0.910 bits per heavy atom. The SMILES string of the molecule is Cc1cc(C)c(B(c2cccc(-c3cccc(-c4ccc(C56CC7CC(C5)CC(c5ccc(-p8c9ccccc9c9ccccc98)cc5)(C7)C6)cc4)n3)c2)c2c(C)cc(C)cc2C)c(C)c1.Cc1cc(C)c(B(c2cccc(-c3cccc(-c4ccc(C56CC7CC(C5)CC(c5ccc(P8(=O)c9ccccc9-c9ccccc98)cc5)(C7)C6)cc4)n3)c2)c2c(C)cc(C)cc2C)c(C)c1. The molecule has 4 unspecified atom stereocenters. The Hall–Kier alpha value is -12.0. The van der Waals surface area contributed by atoms with Gasteiger partial charge in [-0.3, -0.25) is 0 Å². The first kappa shape index (κ1) is 85.2. The van der Waals surface area contributed by atoms with Crippen molar-refractivity contribution in [3.8, 4) is 61.5 Å². The lowest BCUT2D eigenvalue weighted by molar-refractivity contribution is -0.0282. The quantitative estimate of drug-likeness (QED) is 0.0715. The molecule has 0 saturated heterocycles. The predicted octanol–water partition coefficient (Wildman–Crippen LogP) is 27.0. The first-order chi connectivity index (χ1) is 64.5. The first-order valence-electron chi connectivity index (χ1n) is 49.1. The minimum Gasteiger partial charge on any atom is -0.309 e. The van der Waals surface area contributed by atoms with Gasteiger partial charge in [0.05, 0.1) is 22.8 Å². The molecule has 17 aromatic rings. The fraction of sp³-hybridized carbons (Fsp3) is 0.254. The molecule has 26 rings (SSSR count). The van der Waals surface area contributed by atoms with Crippen LogP contribution in [0.3, 0.4) is 0 Å². The number of fused-ring (bicyclic) bond motifs is 6. The fourth-order valence-corrected chi connectivity index (χ4v) is 34.9. The Bertz CT molecular complexity index is 7240. The highest BCUT2D eigenvalue weighted by Gasteiger charge is 2.60. The minimum atomic E-state index is -2.95. The molecule has 8 bridgehead atoms. The van der Waals surface area contributed by atoms with E-state index < -0.39 is 14.7 Å². The molecule has 0 N–H and O–H groups in total. The second kappa shape index (κ2) is 33.0. The molecule has 4 heterocycles. The maximum absolute atomic E-state index is 15.3. The van der Waals surface area contributed by atoms with Crippen LogP contribution >= 0.6 is 14.7 Å². The lowest BCUT2D eigenvalue weighted by atomic mass is 9.34. The number of aromatic nitrogens is 2. The molecule has 3 nitrogen and oxygen atoms in total. The third-order valence-electron chi connectivity index (χ3n) is 33.3. The number of aryl methyl sites for hydroxylation is 12. The molecule has 7 heteroatoms. The van der Waals surface area contributed by atoms with Crippen LogP contribution in [0.4, 0.5) is 0 Å². The smallest absolute Gasteiger partial charge is 0.242 e. The van der Waals surface area contributed by atoms with E-state index in [0.717, 1.165) is 90.2 Å². The Kier molecular flexibility index (Phi) is 21.2. The van der Waals surface area contributed by atoms with Gasteiger partial charge in [-0.2, -0.15) is 0 Å². The molecule has 0 radical (unpaired) electrons. The van der Waals surface area contributed by atoms with Crippen molar-refractivity contribution in [2.24, 2.45) is 23.7 Å². The van der Waals surface area contributed by atoms with Gasteiger partial charge in [-0.1, -0.05) is 410 Å². The summed E-state index contributed by atoms with van der Waals surface area (Å²) in [5, 5.41) is 10.2. The Morgan fingerprint density at radius 2 is 0.571 bits per heavy atom. The van der Waals surface area contributed by atoms with Gasteiger partial charge in [0.2, 0.25) is 13.4 Å². The van der Waals surface area contributed by atoms with E-state index in [0.29, 0.717) is 0 Å². The van der Waals surface area contributed by atoms with E-state index in [4.69, 9.17) is 9.97 Å². The van der Waals surface area contributed by atoms with Crippen LogP contribution in [0.2, 0.25) is 0 Å². The number of benzene rings is 14. The van der Waals surface area contributed by atoms with Crippen LogP contribution in [-0.4, -0.2) is 23.4 Å².